The molecule has 26 heavy (non-hydrogen) atoms. The fourth-order valence-corrected chi connectivity index (χ4v) is 3.32. The average molecular weight is 379 g/mol. The predicted octanol–water partition coefficient (Wildman–Crippen LogP) is 1.49. The highest BCUT2D eigenvalue weighted by atomic mass is 35.5. The van der Waals surface area contributed by atoms with Crippen LogP contribution in [0.3, 0.4) is 0 Å². The Morgan fingerprint density at radius 2 is 2.23 bits per heavy atom. The SMILES string of the molecule is C[C@@H]1COC[C@@](CO)(CNc2ncc(Cl)c(=O)[nH]2)N1Cc1ccccc1. The van der Waals surface area contributed by atoms with E-state index in [9.17, 15) is 9.90 Å². The summed E-state index contributed by atoms with van der Waals surface area (Å²) in [6.07, 6.45) is 1.30. The molecule has 2 heterocycles. The van der Waals surface area contributed by atoms with Crippen LogP contribution in [0, 0.1) is 0 Å². The second-order valence-corrected chi connectivity index (χ2v) is 7.03. The summed E-state index contributed by atoms with van der Waals surface area (Å²) in [5, 5.41) is 13.3. The number of hydrogen-bond donors (Lipinski definition) is 3. The minimum atomic E-state index is -0.633. The van der Waals surface area contributed by atoms with Crippen LogP contribution in [0.25, 0.3) is 0 Å². The van der Waals surface area contributed by atoms with Gasteiger partial charge in [0.15, 0.2) is 0 Å². The minimum absolute atomic E-state index is 0.0350. The maximum atomic E-state index is 11.6. The number of anilines is 1. The molecular formula is C18H23ClN4O3. The molecule has 0 spiro atoms. The van der Waals surface area contributed by atoms with Crippen LogP contribution in [0.4, 0.5) is 5.95 Å². The van der Waals surface area contributed by atoms with Crippen molar-refractivity contribution in [3.63, 3.8) is 0 Å². The molecule has 1 aromatic heterocycles. The number of rotatable bonds is 6. The highest BCUT2D eigenvalue weighted by Gasteiger charge is 2.42. The monoisotopic (exact) mass is 378 g/mol. The van der Waals surface area contributed by atoms with Crippen LogP contribution in [0.15, 0.2) is 41.3 Å². The summed E-state index contributed by atoms with van der Waals surface area (Å²) in [5.41, 5.74) is 0.125. The van der Waals surface area contributed by atoms with Crippen molar-refractivity contribution in [2.24, 2.45) is 0 Å². The summed E-state index contributed by atoms with van der Waals surface area (Å²) in [6.45, 7) is 4.03. The Hall–Kier alpha value is -1.93. The van der Waals surface area contributed by atoms with E-state index in [1.54, 1.807) is 0 Å². The first-order valence-corrected chi connectivity index (χ1v) is 8.90. The third-order valence-corrected chi connectivity index (χ3v) is 4.97. The first-order valence-electron chi connectivity index (χ1n) is 8.52. The van der Waals surface area contributed by atoms with Gasteiger partial charge < -0.3 is 15.2 Å². The Kier molecular flexibility index (Phi) is 5.93. The van der Waals surface area contributed by atoms with Crippen molar-refractivity contribution in [1.29, 1.82) is 0 Å². The van der Waals surface area contributed by atoms with Crippen LogP contribution in [-0.2, 0) is 11.3 Å². The zero-order valence-corrected chi connectivity index (χ0v) is 15.4. The summed E-state index contributed by atoms with van der Waals surface area (Å²) in [6, 6.07) is 10.3. The van der Waals surface area contributed by atoms with Gasteiger partial charge in [0.25, 0.3) is 5.56 Å². The van der Waals surface area contributed by atoms with E-state index in [0.717, 1.165) is 5.56 Å². The van der Waals surface area contributed by atoms with Crippen LogP contribution in [0.2, 0.25) is 5.02 Å². The molecule has 3 N–H and O–H groups in total. The molecule has 1 fully saturated rings. The molecule has 2 aromatic rings. The van der Waals surface area contributed by atoms with Gasteiger partial charge in [0.2, 0.25) is 5.95 Å². The highest BCUT2D eigenvalue weighted by Crippen LogP contribution is 2.27. The molecule has 7 nitrogen and oxygen atoms in total. The Balaban J connectivity index is 1.80. The normalized spacial score (nSPS) is 23.7. The van der Waals surface area contributed by atoms with Crippen LogP contribution in [0.1, 0.15) is 12.5 Å². The van der Waals surface area contributed by atoms with Gasteiger partial charge in [-0.05, 0) is 12.5 Å². The van der Waals surface area contributed by atoms with Crippen LogP contribution < -0.4 is 10.9 Å². The zero-order valence-electron chi connectivity index (χ0n) is 14.6. The van der Waals surface area contributed by atoms with Crippen LogP contribution in [-0.4, -0.2) is 57.9 Å². The van der Waals surface area contributed by atoms with Crippen molar-refractivity contribution in [2.75, 3.05) is 31.7 Å². The van der Waals surface area contributed by atoms with Gasteiger partial charge >= 0.3 is 0 Å². The van der Waals surface area contributed by atoms with E-state index in [2.05, 4.69) is 39.2 Å². The second-order valence-electron chi connectivity index (χ2n) is 6.62. The highest BCUT2D eigenvalue weighted by molar-refractivity contribution is 6.30. The molecule has 1 aliphatic heterocycles. The lowest BCUT2D eigenvalue weighted by molar-refractivity contribution is -0.117. The topological polar surface area (TPSA) is 90.5 Å². The molecular weight excluding hydrogens is 356 g/mol. The third-order valence-electron chi connectivity index (χ3n) is 4.70. The molecule has 1 aliphatic rings. The molecule has 140 valence electrons. The molecule has 0 amide bonds. The molecule has 0 bridgehead atoms. The van der Waals surface area contributed by atoms with Crippen molar-refractivity contribution in [2.45, 2.75) is 25.0 Å². The number of halogens is 1. The predicted molar refractivity (Wildman–Crippen MR) is 100 cm³/mol. The van der Waals surface area contributed by atoms with Gasteiger partial charge in [0.1, 0.15) is 5.02 Å². The Morgan fingerprint density at radius 3 is 2.92 bits per heavy atom. The number of nitrogens with zero attached hydrogens (tertiary/aromatic N) is 2. The van der Waals surface area contributed by atoms with E-state index < -0.39 is 11.1 Å². The van der Waals surface area contributed by atoms with E-state index in [1.165, 1.54) is 6.20 Å². The average Bonchev–Trinajstić information content (AvgIpc) is 2.66. The number of hydrogen-bond acceptors (Lipinski definition) is 6. The lowest BCUT2D eigenvalue weighted by atomic mass is 9.94. The number of benzene rings is 1. The summed E-state index contributed by atoms with van der Waals surface area (Å²) in [4.78, 5) is 20.5. The van der Waals surface area contributed by atoms with Crippen molar-refractivity contribution in [1.82, 2.24) is 14.9 Å². The summed E-state index contributed by atoms with van der Waals surface area (Å²) in [5.74, 6) is 0.310. The molecule has 0 unspecified atom stereocenters. The lowest BCUT2D eigenvalue weighted by Gasteiger charge is -2.49. The Bertz CT molecular complexity index is 786. The number of nitrogens with one attached hydrogen (secondary N) is 2. The van der Waals surface area contributed by atoms with Crippen LogP contribution in [0.5, 0.6) is 0 Å². The lowest BCUT2D eigenvalue weighted by Crippen LogP contribution is -2.65. The van der Waals surface area contributed by atoms with Gasteiger partial charge in [0, 0.05) is 19.1 Å². The van der Waals surface area contributed by atoms with Crippen molar-refractivity contribution in [3.8, 4) is 0 Å². The Morgan fingerprint density at radius 1 is 1.46 bits per heavy atom. The molecule has 8 heteroatoms. The molecule has 0 aliphatic carbocycles. The number of aromatic amines is 1. The number of aliphatic hydroxyl groups is 1. The number of morpholine rings is 1. The molecule has 1 saturated heterocycles. The standard InChI is InChI=1S/C18H23ClN4O3/c1-13-9-26-12-18(11-24,23(13)8-14-5-3-2-4-6-14)10-21-17-20-7-15(19)16(25)22-17/h2-7,13,24H,8-12H2,1H3,(H2,20,21,22,25)/t13-,18+/m1/s1. The maximum absolute atomic E-state index is 11.6. The maximum Gasteiger partial charge on any atom is 0.271 e. The van der Waals surface area contributed by atoms with E-state index in [1.807, 2.05) is 18.2 Å². The number of H-pyrrole nitrogens is 1. The Labute approximate surface area is 157 Å². The van der Waals surface area contributed by atoms with E-state index in [4.69, 9.17) is 16.3 Å². The van der Waals surface area contributed by atoms with Crippen LogP contribution >= 0.6 is 11.6 Å². The number of aliphatic hydroxyl groups excluding tert-OH is 1. The molecule has 0 saturated carbocycles. The quantitative estimate of drug-likeness (QED) is 0.705. The first kappa shape index (κ1) is 18.8. The fraction of sp³-hybridized carbons (Fsp3) is 0.444. The molecule has 2 atom stereocenters. The van der Waals surface area contributed by atoms with Crippen molar-refractivity contribution < 1.29 is 9.84 Å². The summed E-state index contributed by atoms with van der Waals surface area (Å²) in [7, 11) is 0. The third kappa shape index (κ3) is 4.07. The van der Waals surface area contributed by atoms with Gasteiger partial charge in [-0.1, -0.05) is 41.9 Å². The van der Waals surface area contributed by atoms with Gasteiger partial charge in [-0.25, -0.2) is 4.98 Å². The minimum Gasteiger partial charge on any atom is -0.394 e. The largest absolute Gasteiger partial charge is 0.394 e. The van der Waals surface area contributed by atoms with E-state index >= 15 is 0 Å². The van der Waals surface area contributed by atoms with E-state index in [0.29, 0.717) is 32.3 Å². The number of ether oxygens (including phenoxy) is 1. The zero-order chi connectivity index (χ0) is 18.6. The van der Waals surface area contributed by atoms with Gasteiger partial charge in [-0.2, -0.15) is 0 Å². The molecule has 3 rings (SSSR count). The molecule has 0 radical (unpaired) electrons. The number of aromatic nitrogens is 2. The van der Waals surface area contributed by atoms with Gasteiger partial charge in [-0.15, -0.1) is 0 Å². The van der Waals surface area contributed by atoms with Gasteiger partial charge in [0.05, 0.1) is 31.6 Å². The van der Waals surface area contributed by atoms with Crippen molar-refractivity contribution >= 4 is 17.5 Å². The smallest absolute Gasteiger partial charge is 0.271 e. The van der Waals surface area contributed by atoms with E-state index in [-0.39, 0.29) is 17.7 Å². The molecule has 1 aromatic carbocycles. The summed E-state index contributed by atoms with van der Waals surface area (Å²) < 4.78 is 5.73. The van der Waals surface area contributed by atoms with Gasteiger partial charge in [-0.3, -0.25) is 14.7 Å². The summed E-state index contributed by atoms with van der Waals surface area (Å²) >= 11 is 5.71. The first-order chi connectivity index (χ1) is 12.5. The fourth-order valence-electron chi connectivity index (χ4n) is 3.23. The van der Waals surface area contributed by atoms with Crippen molar-refractivity contribution in [3.05, 3.63) is 57.5 Å². The second kappa shape index (κ2) is 8.18.